The summed E-state index contributed by atoms with van der Waals surface area (Å²) < 4.78 is 45.7. The Bertz CT molecular complexity index is 759. The van der Waals surface area contributed by atoms with Crippen molar-refractivity contribution >= 4 is 32.0 Å². The fourth-order valence-electron chi connectivity index (χ4n) is 3.04. The molecule has 1 fully saturated rings. The Morgan fingerprint density at radius 1 is 1.38 bits per heavy atom. The first kappa shape index (κ1) is 21.1. The van der Waals surface area contributed by atoms with Crippen LogP contribution in [0.2, 0.25) is 0 Å². The molecule has 2 atom stereocenters. The molecule has 2 unspecified atom stereocenters. The summed E-state index contributed by atoms with van der Waals surface area (Å²) in [7, 11) is -3.45. The number of hydrogen-bond acceptors (Lipinski definition) is 4. The van der Waals surface area contributed by atoms with Gasteiger partial charge < -0.3 is 9.64 Å². The van der Waals surface area contributed by atoms with Gasteiger partial charge in [0.1, 0.15) is 11.4 Å². The molecule has 0 saturated carbocycles. The van der Waals surface area contributed by atoms with Gasteiger partial charge in [-0.25, -0.2) is 22.3 Å². The maximum atomic E-state index is 13.7. The van der Waals surface area contributed by atoms with E-state index in [0.29, 0.717) is 29.4 Å². The standard InChI is InChI=1S/C17H24BrFN2O4S/c1-17(2,3)25-16(22)21-6-5-14(20-26(4,23)24)15(21)9-11-7-12(18)10-13(19)8-11/h7-8,10,14-15,20H,5-6,9H2,1-4H3. The van der Waals surface area contributed by atoms with Gasteiger partial charge in [-0.15, -0.1) is 0 Å². The summed E-state index contributed by atoms with van der Waals surface area (Å²) in [4.78, 5) is 14.1. The molecule has 1 aliphatic rings. The van der Waals surface area contributed by atoms with Crippen LogP contribution in [0.1, 0.15) is 32.8 Å². The largest absolute Gasteiger partial charge is 0.444 e. The van der Waals surface area contributed by atoms with Crippen molar-refractivity contribution in [2.45, 2.75) is 51.3 Å². The van der Waals surface area contributed by atoms with E-state index in [1.54, 1.807) is 26.8 Å². The zero-order chi connectivity index (χ0) is 19.7. The second-order valence-electron chi connectivity index (χ2n) is 7.51. The van der Waals surface area contributed by atoms with E-state index in [-0.39, 0.29) is 0 Å². The van der Waals surface area contributed by atoms with Gasteiger partial charge in [0.05, 0.1) is 12.3 Å². The van der Waals surface area contributed by atoms with Crippen LogP contribution in [0.5, 0.6) is 0 Å². The molecule has 1 aromatic carbocycles. The van der Waals surface area contributed by atoms with Crippen LogP contribution in [-0.4, -0.2) is 49.9 Å². The summed E-state index contributed by atoms with van der Waals surface area (Å²) in [6.45, 7) is 5.67. The van der Waals surface area contributed by atoms with Crippen LogP contribution in [0, 0.1) is 5.82 Å². The molecular formula is C17H24BrFN2O4S. The van der Waals surface area contributed by atoms with Gasteiger partial charge in [-0.3, -0.25) is 0 Å². The molecule has 0 radical (unpaired) electrons. The fourth-order valence-corrected chi connectivity index (χ4v) is 4.37. The number of likely N-dealkylation sites (tertiary alicyclic amines) is 1. The number of nitrogens with zero attached hydrogens (tertiary/aromatic N) is 1. The number of sulfonamides is 1. The van der Waals surface area contributed by atoms with Gasteiger partial charge in [0.25, 0.3) is 0 Å². The van der Waals surface area contributed by atoms with Gasteiger partial charge in [-0.1, -0.05) is 15.9 Å². The van der Waals surface area contributed by atoms with Crippen LogP contribution in [0.25, 0.3) is 0 Å². The van der Waals surface area contributed by atoms with Crippen molar-refractivity contribution in [3.05, 3.63) is 34.1 Å². The highest BCUT2D eigenvalue weighted by atomic mass is 79.9. The fraction of sp³-hybridized carbons (Fsp3) is 0.588. The van der Waals surface area contributed by atoms with Crippen LogP contribution in [0.3, 0.4) is 0 Å². The first-order chi connectivity index (χ1) is 11.8. The molecule has 1 aliphatic heterocycles. The van der Waals surface area contributed by atoms with E-state index in [1.165, 1.54) is 17.0 Å². The minimum Gasteiger partial charge on any atom is -0.444 e. The third kappa shape index (κ3) is 6.21. The van der Waals surface area contributed by atoms with Gasteiger partial charge in [0.15, 0.2) is 0 Å². The smallest absolute Gasteiger partial charge is 0.410 e. The number of carbonyl (C=O) groups is 1. The number of nitrogens with one attached hydrogen (secondary N) is 1. The second-order valence-corrected chi connectivity index (χ2v) is 10.2. The van der Waals surface area contributed by atoms with Gasteiger partial charge in [0, 0.05) is 17.1 Å². The van der Waals surface area contributed by atoms with E-state index < -0.39 is 39.6 Å². The minimum atomic E-state index is -3.45. The molecule has 0 spiro atoms. The molecule has 6 nitrogen and oxygen atoms in total. The van der Waals surface area contributed by atoms with Crippen molar-refractivity contribution in [2.24, 2.45) is 0 Å². The molecule has 1 aromatic rings. The molecule has 26 heavy (non-hydrogen) atoms. The van der Waals surface area contributed by atoms with Gasteiger partial charge >= 0.3 is 6.09 Å². The summed E-state index contributed by atoms with van der Waals surface area (Å²) in [5, 5.41) is 0. The van der Waals surface area contributed by atoms with Gasteiger partial charge in [-0.05, 0) is 57.4 Å². The highest BCUT2D eigenvalue weighted by Crippen LogP contribution is 2.26. The molecule has 2 rings (SSSR count). The Kier molecular flexibility index (Phi) is 6.35. The van der Waals surface area contributed by atoms with Crippen molar-refractivity contribution < 1.29 is 22.3 Å². The predicted octanol–water partition coefficient (Wildman–Crippen LogP) is 3.06. The Balaban J connectivity index is 2.28. The normalized spacial score (nSPS) is 21.1. The van der Waals surface area contributed by atoms with E-state index >= 15 is 0 Å². The number of halogens is 2. The van der Waals surface area contributed by atoms with Crippen molar-refractivity contribution in [3.63, 3.8) is 0 Å². The molecule has 1 amide bonds. The molecule has 1 saturated heterocycles. The molecular weight excluding hydrogens is 427 g/mol. The maximum Gasteiger partial charge on any atom is 0.410 e. The van der Waals surface area contributed by atoms with E-state index in [0.717, 1.165) is 6.26 Å². The predicted molar refractivity (Wildman–Crippen MR) is 101 cm³/mol. The summed E-state index contributed by atoms with van der Waals surface area (Å²) in [5.74, 6) is -0.399. The molecule has 1 N–H and O–H groups in total. The zero-order valence-electron chi connectivity index (χ0n) is 15.3. The molecule has 0 aliphatic carbocycles. The van der Waals surface area contributed by atoms with Crippen LogP contribution >= 0.6 is 15.9 Å². The van der Waals surface area contributed by atoms with E-state index in [9.17, 15) is 17.6 Å². The monoisotopic (exact) mass is 450 g/mol. The first-order valence-corrected chi connectivity index (χ1v) is 10.9. The Morgan fingerprint density at radius 2 is 2.04 bits per heavy atom. The summed E-state index contributed by atoms with van der Waals surface area (Å²) in [6, 6.07) is 3.56. The average Bonchev–Trinajstić information content (AvgIpc) is 2.76. The van der Waals surface area contributed by atoms with Crippen LogP contribution < -0.4 is 4.72 Å². The minimum absolute atomic E-state index is 0.308. The number of amides is 1. The summed E-state index contributed by atoms with van der Waals surface area (Å²) in [6.07, 6.45) is 1.35. The maximum absolute atomic E-state index is 13.7. The topological polar surface area (TPSA) is 75.7 Å². The average molecular weight is 451 g/mol. The van der Waals surface area contributed by atoms with Crippen LogP contribution in [0.4, 0.5) is 9.18 Å². The first-order valence-electron chi connectivity index (χ1n) is 8.26. The lowest BCUT2D eigenvalue weighted by molar-refractivity contribution is 0.0218. The third-order valence-corrected chi connectivity index (χ3v) is 5.10. The van der Waals surface area contributed by atoms with Crippen molar-refractivity contribution in [1.29, 1.82) is 0 Å². The Morgan fingerprint density at radius 3 is 2.58 bits per heavy atom. The van der Waals surface area contributed by atoms with E-state index in [4.69, 9.17) is 4.74 Å². The Labute approximate surface area is 162 Å². The molecule has 146 valence electrons. The quantitative estimate of drug-likeness (QED) is 0.764. The summed E-state index contributed by atoms with van der Waals surface area (Å²) in [5.41, 5.74) is 0.00363. The van der Waals surface area contributed by atoms with Crippen molar-refractivity contribution in [3.8, 4) is 0 Å². The number of hydrogen-bond donors (Lipinski definition) is 1. The lowest BCUT2D eigenvalue weighted by atomic mass is 10.0. The number of ether oxygens (including phenoxy) is 1. The lowest BCUT2D eigenvalue weighted by Gasteiger charge is -2.31. The van der Waals surface area contributed by atoms with Gasteiger partial charge in [0.2, 0.25) is 10.0 Å². The molecule has 1 heterocycles. The van der Waals surface area contributed by atoms with Crippen LogP contribution in [-0.2, 0) is 21.2 Å². The van der Waals surface area contributed by atoms with Crippen molar-refractivity contribution in [2.75, 3.05) is 12.8 Å². The molecule has 0 bridgehead atoms. The molecule has 0 aromatic heterocycles. The number of rotatable bonds is 4. The van der Waals surface area contributed by atoms with Crippen molar-refractivity contribution in [1.82, 2.24) is 9.62 Å². The zero-order valence-corrected chi connectivity index (χ0v) is 17.7. The third-order valence-electron chi connectivity index (χ3n) is 3.91. The highest BCUT2D eigenvalue weighted by molar-refractivity contribution is 9.10. The number of carbonyl (C=O) groups excluding carboxylic acids is 1. The van der Waals surface area contributed by atoms with Gasteiger partial charge in [-0.2, -0.15) is 0 Å². The SMILES string of the molecule is CC(C)(C)OC(=O)N1CCC(NS(C)(=O)=O)C1Cc1cc(F)cc(Br)c1. The highest BCUT2D eigenvalue weighted by Gasteiger charge is 2.40. The lowest BCUT2D eigenvalue weighted by Crippen LogP contribution is -2.48. The number of benzene rings is 1. The molecule has 9 heteroatoms. The van der Waals surface area contributed by atoms with E-state index in [2.05, 4.69) is 20.7 Å². The Hall–Kier alpha value is -1.19. The second kappa shape index (κ2) is 7.82. The van der Waals surface area contributed by atoms with Crippen LogP contribution in [0.15, 0.2) is 22.7 Å². The summed E-state index contributed by atoms with van der Waals surface area (Å²) >= 11 is 3.25. The van der Waals surface area contributed by atoms with E-state index in [1.807, 2.05) is 0 Å².